The molecular weight excluding hydrogens is 412 g/mol. The van der Waals surface area contributed by atoms with Crippen molar-refractivity contribution in [2.24, 2.45) is 0 Å². The van der Waals surface area contributed by atoms with Crippen LogP contribution in [0, 0.1) is 0 Å². The molecule has 7 heteroatoms. The van der Waals surface area contributed by atoms with Crippen LogP contribution in [0.3, 0.4) is 0 Å². The van der Waals surface area contributed by atoms with Crippen molar-refractivity contribution < 1.29 is 9.59 Å². The first-order valence-corrected chi connectivity index (χ1v) is 10.9. The highest BCUT2D eigenvalue weighted by molar-refractivity contribution is 6.34. The number of halogens is 1. The molecule has 6 nitrogen and oxygen atoms in total. The zero-order valence-electron chi connectivity index (χ0n) is 19.2. The number of carbonyl (C=O) groups excluding carboxylic acids is 2. The van der Waals surface area contributed by atoms with E-state index in [2.05, 4.69) is 17.6 Å². The van der Waals surface area contributed by atoms with Crippen molar-refractivity contribution in [1.29, 1.82) is 0 Å². The maximum atomic E-state index is 12.8. The second-order valence-corrected chi connectivity index (χ2v) is 8.57. The minimum Gasteiger partial charge on any atom is -0.377 e. The van der Waals surface area contributed by atoms with Crippen LogP contribution in [0.5, 0.6) is 0 Å². The van der Waals surface area contributed by atoms with E-state index in [0.717, 1.165) is 17.7 Å². The quantitative estimate of drug-likeness (QED) is 0.574. The van der Waals surface area contributed by atoms with E-state index in [-0.39, 0.29) is 24.0 Å². The predicted molar refractivity (Wildman–Crippen MR) is 129 cm³/mol. The Hall–Kier alpha value is -2.73. The molecule has 0 heterocycles. The molecular formula is C24H33ClN4O2. The van der Waals surface area contributed by atoms with Crippen molar-refractivity contribution in [3.8, 4) is 0 Å². The van der Waals surface area contributed by atoms with Crippen LogP contribution in [-0.4, -0.2) is 43.0 Å². The molecule has 0 saturated carbocycles. The normalized spacial score (nSPS) is 11.7. The minimum atomic E-state index is -0.273. The van der Waals surface area contributed by atoms with E-state index in [9.17, 15) is 9.59 Å². The van der Waals surface area contributed by atoms with Gasteiger partial charge >= 0.3 is 6.03 Å². The molecule has 3 amide bonds. The summed E-state index contributed by atoms with van der Waals surface area (Å²) in [5.74, 6) is -0.273. The SMILES string of the molecule is CCC(C)N(Cc1cc(NC(=O)c2ccccc2Cl)ccc1N(C)C)C(=O)NC(C)C. The second-order valence-electron chi connectivity index (χ2n) is 8.16. The highest BCUT2D eigenvalue weighted by Crippen LogP contribution is 2.26. The molecule has 0 aliphatic rings. The van der Waals surface area contributed by atoms with E-state index >= 15 is 0 Å². The largest absolute Gasteiger partial charge is 0.377 e. The van der Waals surface area contributed by atoms with Gasteiger partial charge in [-0.3, -0.25) is 4.79 Å². The van der Waals surface area contributed by atoms with Gasteiger partial charge in [-0.25, -0.2) is 4.79 Å². The number of nitrogens with one attached hydrogen (secondary N) is 2. The van der Waals surface area contributed by atoms with Crippen molar-refractivity contribution in [2.45, 2.75) is 52.7 Å². The number of rotatable bonds is 8. The molecule has 2 rings (SSSR count). The summed E-state index contributed by atoms with van der Waals surface area (Å²) in [4.78, 5) is 29.4. The monoisotopic (exact) mass is 444 g/mol. The number of benzene rings is 2. The van der Waals surface area contributed by atoms with E-state index < -0.39 is 0 Å². The lowest BCUT2D eigenvalue weighted by atomic mass is 10.1. The molecule has 0 aromatic heterocycles. The van der Waals surface area contributed by atoms with Crippen molar-refractivity contribution in [2.75, 3.05) is 24.3 Å². The predicted octanol–water partition coefficient (Wildman–Crippen LogP) is 5.38. The first-order valence-electron chi connectivity index (χ1n) is 10.6. The third-order valence-corrected chi connectivity index (χ3v) is 5.40. The van der Waals surface area contributed by atoms with Gasteiger partial charge in [-0.15, -0.1) is 0 Å². The van der Waals surface area contributed by atoms with E-state index in [1.54, 1.807) is 24.3 Å². The molecule has 0 spiro atoms. The number of carbonyl (C=O) groups is 2. The van der Waals surface area contributed by atoms with Crippen LogP contribution in [0.4, 0.5) is 16.2 Å². The standard InChI is InChI=1S/C24H33ClN4O2/c1-7-17(4)29(24(31)26-16(2)3)15-18-14-19(12-13-22(18)28(5)6)27-23(30)20-10-8-9-11-21(20)25/h8-14,16-17H,7,15H2,1-6H3,(H,26,31)(H,27,30). The number of amides is 3. The van der Waals surface area contributed by atoms with Gasteiger partial charge in [0.05, 0.1) is 10.6 Å². The zero-order chi connectivity index (χ0) is 23.1. The van der Waals surface area contributed by atoms with E-state index in [1.165, 1.54) is 0 Å². The molecule has 0 radical (unpaired) electrons. The molecule has 2 aromatic carbocycles. The molecule has 1 atom stereocenters. The third-order valence-electron chi connectivity index (χ3n) is 5.07. The Kier molecular flexibility index (Phi) is 8.75. The first kappa shape index (κ1) is 24.5. The summed E-state index contributed by atoms with van der Waals surface area (Å²) in [5, 5.41) is 6.31. The number of nitrogens with zero attached hydrogens (tertiary/aromatic N) is 2. The lowest BCUT2D eigenvalue weighted by Crippen LogP contribution is -2.46. The molecule has 0 fully saturated rings. The van der Waals surface area contributed by atoms with Gasteiger partial charge in [-0.1, -0.05) is 30.7 Å². The maximum absolute atomic E-state index is 12.8. The summed E-state index contributed by atoms with van der Waals surface area (Å²) in [6, 6.07) is 12.7. The summed E-state index contributed by atoms with van der Waals surface area (Å²) in [6.45, 7) is 8.42. The van der Waals surface area contributed by atoms with Crippen LogP contribution >= 0.6 is 11.6 Å². The molecule has 0 aliphatic carbocycles. The Morgan fingerprint density at radius 3 is 2.32 bits per heavy atom. The topological polar surface area (TPSA) is 64.7 Å². The van der Waals surface area contributed by atoms with Gasteiger partial charge in [0, 0.05) is 44.1 Å². The smallest absolute Gasteiger partial charge is 0.318 e. The number of hydrogen-bond donors (Lipinski definition) is 2. The Bertz CT molecular complexity index is 914. The molecule has 0 saturated heterocycles. The number of urea groups is 1. The van der Waals surface area contributed by atoms with Crippen LogP contribution in [0.15, 0.2) is 42.5 Å². The van der Waals surface area contributed by atoms with Gasteiger partial charge in [0.1, 0.15) is 0 Å². The zero-order valence-corrected chi connectivity index (χ0v) is 20.0. The van der Waals surface area contributed by atoms with Crippen molar-refractivity contribution in [1.82, 2.24) is 10.2 Å². The average molecular weight is 445 g/mol. The van der Waals surface area contributed by atoms with E-state index in [4.69, 9.17) is 11.6 Å². The molecule has 1 unspecified atom stereocenters. The molecule has 0 bridgehead atoms. The summed E-state index contributed by atoms with van der Waals surface area (Å²) < 4.78 is 0. The summed E-state index contributed by atoms with van der Waals surface area (Å²) >= 11 is 6.16. The molecule has 168 valence electrons. The lowest BCUT2D eigenvalue weighted by Gasteiger charge is -2.31. The highest BCUT2D eigenvalue weighted by atomic mass is 35.5. The highest BCUT2D eigenvalue weighted by Gasteiger charge is 2.22. The van der Waals surface area contributed by atoms with Crippen molar-refractivity contribution in [3.05, 3.63) is 58.6 Å². The number of hydrogen-bond acceptors (Lipinski definition) is 3. The van der Waals surface area contributed by atoms with Crippen LogP contribution in [0.1, 0.15) is 50.0 Å². The van der Waals surface area contributed by atoms with Gasteiger partial charge in [-0.05, 0) is 63.1 Å². The van der Waals surface area contributed by atoms with E-state index in [0.29, 0.717) is 22.8 Å². The van der Waals surface area contributed by atoms with Gasteiger partial charge in [0.15, 0.2) is 0 Å². The molecule has 2 N–H and O–H groups in total. The van der Waals surface area contributed by atoms with E-state index in [1.807, 2.05) is 62.9 Å². The lowest BCUT2D eigenvalue weighted by molar-refractivity contribution is 0.102. The van der Waals surface area contributed by atoms with Gasteiger partial charge in [0.25, 0.3) is 5.91 Å². The summed E-state index contributed by atoms with van der Waals surface area (Å²) in [7, 11) is 3.92. The maximum Gasteiger partial charge on any atom is 0.318 e. The van der Waals surface area contributed by atoms with Crippen LogP contribution in [0.2, 0.25) is 5.02 Å². The van der Waals surface area contributed by atoms with Crippen LogP contribution < -0.4 is 15.5 Å². The Labute approximate surface area is 190 Å². The molecule has 31 heavy (non-hydrogen) atoms. The average Bonchev–Trinajstić information content (AvgIpc) is 2.71. The Balaban J connectivity index is 2.35. The van der Waals surface area contributed by atoms with Crippen LogP contribution in [0.25, 0.3) is 0 Å². The Morgan fingerprint density at radius 1 is 1.06 bits per heavy atom. The van der Waals surface area contributed by atoms with Crippen molar-refractivity contribution in [3.63, 3.8) is 0 Å². The fraction of sp³-hybridized carbons (Fsp3) is 0.417. The van der Waals surface area contributed by atoms with Gasteiger partial charge < -0.3 is 20.4 Å². The molecule has 2 aromatic rings. The Morgan fingerprint density at radius 2 is 1.74 bits per heavy atom. The fourth-order valence-corrected chi connectivity index (χ4v) is 3.45. The minimum absolute atomic E-state index is 0.0496. The summed E-state index contributed by atoms with van der Waals surface area (Å²) in [5.41, 5.74) is 3.00. The molecule has 0 aliphatic heterocycles. The van der Waals surface area contributed by atoms with Crippen molar-refractivity contribution >= 4 is 34.9 Å². The summed E-state index contributed by atoms with van der Waals surface area (Å²) in [6.07, 6.45) is 0.839. The third kappa shape index (κ3) is 6.62. The van der Waals surface area contributed by atoms with Gasteiger partial charge in [0.2, 0.25) is 0 Å². The second kappa shape index (κ2) is 11.0. The van der Waals surface area contributed by atoms with Crippen LogP contribution in [-0.2, 0) is 6.54 Å². The fourth-order valence-electron chi connectivity index (χ4n) is 3.23. The first-order chi connectivity index (χ1) is 14.6. The number of anilines is 2. The van der Waals surface area contributed by atoms with Gasteiger partial charge in [-0.2, -0.15) is 0 Å².